The highest BCUT2D eigenvalue weighted by molar-refractivity contribution is 7.17. The summed E-state index contributed by atoms with van der Waals surface area (Å²) in [5.41, 5.74) is 5.20. The third-order valence-corrected chi connectivity index (χ3v) is 6.80. The lowest BCUT2D eigenvalue weighted by Gasteiger charge is -2.35. The van der Waals surface area contributed by atoms with Gasteiger partial charge in [0, 0.05) is 19.5 Å². The normalized spacial score (nSPS) is 15.5. The average Bonchev–Trinajstić information content (AvgIpc) is 3.29. The molecule has 29 heavy (non-hydrogen) atoms. The highest BCUT2D eigenvalue weighted by Crippen LogP contribution is 2.41. The molecule has 0 saturated carbocycles. The second kappa shape index (κ2) is 7.28. The van der Waals surface area contributed by atoms with Gasteiger partial charge in [0.25, 0.3) is 0 Å². The van der Waals surface area contributed by atoms with Crippen LogP contribution in [0.3, 0.4) is 0 Å². The van der Waals surface area contributed by atoms with Gasteiger partial charge in [-0.3, -0.25) is 4.90 Å². The van der Waals surface area contributed by atoms with Crippen LogP contribution in [-0.2, 0) is 19.4 Å². The Balaban J connectivity index is 1.61. The predicted octanol–water partition coefficient (Wildman–Crippen LogP) is 4.51. The topological polar surface area (TPSA) is 53.7 Å². The first-order chi connectivity index (χ1) is 14.1. The number of nitrogens with zero attached hydrogens (tertiary/aromatic N) is 4. The van der Waals surface area contributed by atoms with Gasteiger partial charge in [-0.05, 0) is 30.0 Å². The maximum absolute atomic E-state index is 11.1. The Morgan fingerprint density at radius 1 is 1.10 bits per heavy atom. The molecule has 1 N–H and O–H groups in total. The zero-order valence-electron chi connectivity index (χ0n) is 16.7. The molecule has 0 radical (unpaired) electrons. The van der Waals surface area contributed by atoms with Gasteiger partial charge in [-0.25, -0.2) is 4.98 Å². The second-order valence-electron chi connectivity index (χ2n) is 7.67. The van der Waals surface area contributed by atoms with Crippen molar-refractivity contribution in [1.29, 1.82) is 0 Å². The number of hydrogen-bond donors (Lipinski definition) is 1. The largest absolute Gasteiger partial charge is 0.492 e. The first-order valence-corrected chi connectivity index (χ1v) is 10.9. The minimum absolute atomic E-state index is 0.0254. The molecule has 0 aliphatic carbocycles. The van der Waals surface area contributed by atoms with Gasteiger partial charge in [-0.1, -0.05) is 72.4 Å². The predicted molar refractivity (Wildman–Crippen MR) is 115 cm³/mol. The van der Waals surface area contributed by atoms with Gasteiger partial charge in [0.05, 0.1) is 10.9 Å². The summed E-state index contributed by atoms with van der Waals surface area (Å²) in [6.45, 7) is 5.94. The Morgan fingerprint density at radius 3 is 2.59 bits per heavy atom. The summed E-state index contributed by atoms with van der Waals surface area (Å²) in [5, 5.41) is 15.5. The second-order valence-corrected chi connectivity index (χ2v) is 8.68. The summed E-state index contributed by atoms with van der Waals surface area (Å²) in [4.78, 5) is 8.69. The van der Waals surface area contributed by atoms with Gasteiger partial charge in [-0.2, -0.15) is 4.52 Å². The SMILES string of the molecule is CCc1nc2sc(C(c3ccc(C)cc3)N3CCc4ccccc4C3)c(O)n2n1. The standard InChI is InChI=1S/C23H24N4OS/c1-3-19-24-23-27(25-19)22(28)21(29-23)20(17-10-8-15(2)9-11-17)26-13-12-16-6-4-5-7-18(16)14-26/h4-11,20,28H,3,12-14H2,1-2H3. The van der Waals surface area contributed by atoms with Gasteiger partial charge in [0.15, 0.2) is 5.82 Å². The molecule has 148 valence electrons. The van der Waals surface area contributed by atoms with Crippen LogP contribution in [0.1, 0.15) is 45.9 Å². The van der Waals surface area contributed by atoms with Crippen LogP contribution in [-0.4, -0.2) is 31.1 Å². The molecule has 4 aromatic rings. The molecule has 1 aliphatic heterocycles. The van der Waals surface area contributed by atoms with Crippen molar-refractivity contribution < 1.29 is 5.11 Å². The monoisotopic (exact) mass is 404 g/mol. The molecule has 3 heterocycles. The molecule has 0 bridgehead atoms. The summed E-state index contributed by atoms with van der Waals surface area (Å²) in [7, 11) is 0. The maximum atomic E-state index is 11.1. The van der Waals surface area contributed by atoms with Crippen molar-refractivity contribution in [2.24, 2.45) is 0 Å². The summed E-state index contributed by atoms with van der Waals surface area (Å²) >= 11 is 1.54. The van der Waals surface area contributed by atoms with Gasteiger partial charge >= 0.3 is 0 Å². The fraction of sp³-hybridized carbons (Fsp3) is 0.304. The van der Waals surface area contributed by atoms with Crippen LogP contribution >= 0.6 is 11.3 Å². The van der Waals surface area contributed by atoms with Crippen LogP contribution in [0.5, 0.6) is 5.88 Å². The van der Waals surface area contributed by atoms with E-state index in [2.05, 4.69) is 70.4 Å². The van der Waals surface area contributed by atoms with Gasteiger partial charge in [0.2, 0.25) is 10.8 Å². The van der Waals surface area contributed by atoms with E-state index >= 15 is 0 Å². The van der Waals surface area contributed by atoms with Crippen molar-refractivity contribution in [3.63, 3.8) is 0 Å². The lowest BCUT2D eigenvalue weighted by Crippen LogP contribution is -2.34. The average molecular weight is 405 g/mol. The summed E-state index contributed by atoms with van der Waals surface area (Å²) in [6.07, 6.45) is 1.77. The molecule has 6 heteroatoms. The Morgan fingerprint density at radius 2 is 1.86 bits per heavy atom. The third-order valence-electron chi connectivity index (χ3n) is 5.73. The first kappa shape index (κ1) is 18.3. The number of thiazole rings is 1. The van der Waals surface area contributed by atoms with Crippen molar-refractivity contribution in [1.82, 2.24) is 19.5 Å². The van der Waals surface area contributed by atoms with Gasteiger partial charge in [0.1, 0.15) is 0 Å². The minimum atomic E-state index is -0.0254. The minimum Gasteiger partial charge on any atom is -0.492 e. The lowest BCUT2D eigenvalue weighted by molar-refractivity contribution is 0.205. The maximum Gasteiger partial charge on any atom is 0.230 e. The van der Waals surface area contributed by atoms with Crippen molar-refractivity contribution in [3.8, 4) is 5.88 Å². The molecular formula is C23H24N4OS. The summed E-state index contributed by atoms with van der Waals surface area (Å²) in [6, 6.07) is 17.3. The number of aromatic hydroxyl groups is 1. The van der Waals surface area contributed by atoms with E-state index in [4.69, 9.17) is 0 Å². The molecule has 0 fully saturated rings. The van der Waals surface area contributed by atoms with Crippen molar-refractivity contribution in [3.05, 3.63) is 81.5 Å². The van der Waals surface area contributed by atoms with Gasteiger partial charge in [-0.15, -0.1) is 5.10 Å². The van der Waals surface area contributed by atoms with E-state index < -0.39 is 0 Å². The van der Waals surface area contributed by atoms with Crippen molar-refractivity contribution >= 4 is 16.3 Å². The molecule has 0 amide bonds. The number of hydrogen-bond acceptors (Lipinski definition) is 5. The van der Waals surface area contributed by atoms with E-state index in [1.54, 1.807) is 4.52 Å². The molecule has 2 aromatic heterocycles. The Labute approximate surface area is 174 Å². The van der Waals surface area contributed by atoms with E-state index in [1.807, 2.05) is 6.92 Å². The van der Waals surface area contributed by atoms with E-state index in [-0.39, 0.29) is 11.9 Å². The van der Waals surface area contributed by atoms with Crippen LogP contribution < -0.4 is 0 Å². The number of aromatic nitrogens is 3. The zero-order valence-corrected chi connectivity index (χ0v) is 17.5. The summed E-state index contributed by atoms with van der Waals surface area (Å²) in [5.74, 6) is 0.971. The molecule has 2 aromatic carbocycles. The van der Waals surface area contributed by atoms with Crippen LogP contribution in [0.4, 0.5) is 0 Å². The highest BCUT2D eigenvalue weighted by atomic mass is 32.1. The Bertz CT molecular complexity index is 1160. The Kier molecular flexibility index (Phi) is 4.60. The molecule has 1 unspecified atom stereocenters. The molecule has 5 rings (SSSR count). The van der Waals surface area contributed by atoms with Crippen LogP contribution in [0.2, 0.25) is 0 Å². The molecule has 0 spiro atoms. The molecule has 1 atom stereocenters. The van der Waals surface area contributed by atoms with E-state index in [0.29, 0.717) is 0 Å². The highest BCUT2D eigenvalue weighted by Gasteiger charge is 2.31. The molecule has 0 saturated heterocycles. The smallest absolute Gasteiger partial charge is 0.230 e. The quantitative estimate of drug-likeness (QED) is 0.544. The number of benzene rings is 2. The number of fused-ring (bicyclic) bond motifs is 2. The first-order valence-electron chi connectivity index (χ1n) is 10.1. The van der Waals surface area contributed by atoms with Gasteiger partial charge < -0.3 is 5.11 Å². The number of rotatable bonds is 4. The molecular weight excluding hydrogens is 380 g/mol. The number of aryl methyl sites for hydroxylation is 2. The molecule has 5 nitrogen and oxygen atoms in total. The van der Waals surface area contributed by atoms with Crippen LogP contribution in [0, 0.1) is 6.92 Å². The fourth-order valence-corrected chi connectivity index (χ4v) is 5.27. The zero-order chi connectivity index (χ0) is 20.0. The van der Waals surface area contributed by atoms with Crippen molar-refractivity contribution in [2.75, 3.05) is 6.54 Å². The van der Waals surface area contributed by atoms with Crippen LogP contribution in [0.15, 0.2) is 48.5 Å². The Hall–Kier alpha value is -2.70. The fourth-order valence-electron chi connectivity index (χ4n) is 4.13. The lowest BCUT2D eigenvalue weighted by atomic mass is 9.95. The molecule has 1 aliphatic rings. The van der Waals surface area contributed by atoms with E-state index in [0.717, 1.165) is 41.6 Å². The van der Waals surface area contributed by atoms with E-state index in [1.165, 1.54) is 33.6 Å². The third kappa shape index (κ3) is 3.22. The summed E-state index contributed by atoms with van der Waals surface area (Å²) < 4.78 is 1.60. The van der Waals surface area contributed by atoms with Crippen molar-refractivity contribution in [2.45, 2.75) is 39.3 Å². The van der Waals surface area contributed by atoms with Crippen LogP contribution in [0.25, 0.3) is 4.96 Å². The van der Waals surface area contributed by atoms with E-state index in [9.17, 15) is 5.11 Å².